The molecule has 1 aliphatic heterocycles. The van der Waals surface area contributed by atoms with Crippen LogP contribution < -0.4 is 10.5 Å². The van der Waals surface area contributed by atoms with Gasteiger partial charge in [-0.25, -0.2) is 0 Å². The van der Waals surface area contributed by atoms with Gasteiger partial charge in [-0.1, -0.05) is 18.6 Å². The Bertz CT molecular complexity index is 361. The van der Waals surface area contributed by atoms with Crippen molar-refractivity contribution in [3.8, 4) is 5.75 Å². The van der Waals surface area contributed by atoms with E-state index in [1.165, 1.54) is 37.9 Å². The maximum atomic E-state index is 5.79. The van der Waals surface area contributed by atoms with Crippen LogP contribution in [0.15, 0.2) is 24.3 Å². The highest BCUT2D eigenvalue weighted by Gasteiger charge is 2.21. The molecule has 0 aromatic heterocycles. The Balaban J connectivity index is 2.16. The highest BCUT2D eigenvalue weighted by Crippen LogP contribution is 2.29. The summed E-state index contributed by atoms with van der Waals surface area (Å²) in [6.45, 7) is 3.13. The second-order valence-corrected chi connectivity index (χ2v) is 4.97. The molecule has 0 spiro atoms. The molecule has 0 radical (unpaired) electrons. The van der Waals surface area contributed by atoms with Gasteiger partial charge in [0.25, 0.3) is 0 Å². The Morgan fingerprint density at radius 3 is 2.72 bits per heavy atom. The molecule has 1 heterocycles. The Labute approximate surface area is 110 Å². The number of nitrogens with zero attached hydrogens (tertiary/aromatic N) is 1. The summed E-state index contributed by atoms with van der Waals surface area (Å²) in [5, 5.41) is 0. The van der Waals surface area contributed by atoms with Gasteiger partial charge in [0.05, 0.1) is 7.11 Å². The van der Waals surface area contributed by atoms with Crippen LogP contribution in [-0.4, -0.2) is 31.6 Å². The van der Waals surface area contributed by atoms with E-state index in [4.69, 9.17) is 10.5 Å². The second kappa shape index (κ2) is 6.76. The molecule has 18 heavy (non-hydrogen) atoms. The molecule has 0 aliphatic carbocycles. The first kappa shape index (κ1) is 13.4. The Morgan fingerprint density at radius 1 is 1.28 bits per heavy atom. The normalized spacial score (nSPS) is 18.6. The molecule has 1 aromatic carbocycles. The molecule has 1 aliphatic rings. The molecule has 1 fully saturated rings. The Kier molecular flexibility index (Phi) is 5.02. The third-order valence-corrected chi connectivity index (χ3v) is 3.75. The summed E-state index contributed by atoms with van der Waals surface area (Å²) in [6, 6.07) is 8.86. The molecular weight excluding hydrogens is 224 g/mol. The number of benzene rings is 1. The third kappa shape index (κ3) is 3.24. The van der Waals surface area contributed by atoms with Gasteiger partial charge in [0.1, 0.15) is 5.75 Å². The van der Waals surface area contributed by atoms with Gasteiger partial charge in [-0.05, 0) is 56.6 Å². The fourth-order valence-corrected chi connectivity index (χ4v) is 2.80. The van der Waals surface area contributed by atoms with Crippen LogP contribution in [0.3, 0.4) is 0 Å². The first-order valence-electron chi connectivity index (χ1n) is 6.93. The van der Waals surface area contributed by atoms with Crippen molar-refractivity contribution in [3.05, 3.63) is 29.8 Å². The fourth-order valence-electron chi connectivity index (χ4n) is 2.80. The predicted octanol–water partition coefficient (Wildman–Crippen LogP) is 2.57. The molecule has 0 saturated carbocycles. The molecule has 3 heteroatoms. The van der Waals surface area contributed by atoms with Gasteiger partial charge < -0.3 is 10.5 Å². The molecule has 2 N–H and O–H groups in total. The zero-order chi connectivity index (χ0) is 12.8. The third-order valence-electron chi connectivity index (χ3n) is 3.75. The lowest BCUT2D eigenvalue weighted by molar-refractivity contribution is 0.157. The molecule has 2 rings (SSSR count). The van der Waals surface area contributed by atoms with Crippen LogP contribution in [0.4, 0.5) is 0 Å². The van der Waals surface area contributed by atoms with Gasteiger partial charge in [-0.2, -0.15) is 0 Å². The van der Waals surface area contributed by atoms with E-state index in [0.29, 0.717) is 6.04 Å². The van der Waals surface area contributed by atoms with Gasteiger partial charge in [-0.15, -0.1) is 0 Å². The molecule has 1 aromatic rings. The number of ether oxygens (including phenoxy) is 1. The fraction of sp³-hybridized carbons (Fsp3) is 0.600. The summed E-state index contributed by atoms with van der Waals surface area (Å²) < 4.78 is 5.32. The monoisotopic (exact) mass is 248 g/mol. The minimum Gasteiger partial charge on any atom is -0.497 e. The van der Waals surface area contributed by atoms with Crippen molar-refractivity contribution >= 4 is 0 Å². The smallest absolute Gasteiger partial charge is 0.119 e. The molecular formula is C15H24N2O. The number of likely N-dealkylation sites (tertiary alicyclic amines) is 1. The van der Waals surface area contributed by atoms with Crippen molar-refractivity contribution in [2.24, 2.45) is 5.73 Å². The van der Waals surface area contributed by atoms with Crippen LogP contribution in [0.25, 0.3) is 0 Å². The summed E-state index contributed by atoms with van der Waals surface area (Å²) in [5.41, 5.74) is 7.12. The highest BCUT2D eigenvalue weighted by atomic mass is 16.5. The van der Waals surface area contributed by atoms with Crippen LogP contribution in [0.5, 0.6) is 5.75 Å². The highest BCUT2D eigenvalue weighted by molar-refractivity contribution is 5.30. The topological polar surface area (TPSA) is 38.5 Å². The zero-order valence-electron chi connectivity index (χ0n) is 11.3. The van der Waals surface area contributed by atoms with E-state index in [2.05, 4.69) is 23.1 Å². The summed E-state index contributed by atoms with van der Waals surface area (Å²) in [5.74, 6) is 0.937. The van der Waals surface area contributed by atoms with Crippen LogP contribution in [0.1, 0.15) is 37.3 Å². The van der Waals surface area contributed by atoms with E-state index in [0.717, 1.165) is 18.7 Å². The molecule has 0 bridgehead atoms. The van der Waals surface area contributed by atoms with Gasteiger partial charge in [0, 0.05) is 6.04 Å². The van der Waals surface area contributed by atoms with E-state index in [-0.39, 0.29) is 0 Å². The largest absolute Gasteiger partial charge is 0.497 e. The van der Waals surface area contributed by atoms with Crippen LogP contribution in [-0.2, 0) is 0 Å². The second-order valence-electron chi connectivity index (χ2n) is 4.97. The summed E-state index contributed by atoms with van der Waals surface area (Å²) in [4.78, 5) is 2.57. The summed E-state index contributed by atoms with van der Waals surface area (Å²) in [7, 11) is 1.72. The van der Waals surface area contributed by atoms with Gasteiger partial charge in [0.15, 0.2) is 0 Å². The minimum absolute atomic E-state index is 0.449. The number of hydrogen-bond acceptors (Lipinski definition) is 3. The van der Waals surface area contributed by atoms with Crippen molar-refractivity contribution in [2.45, 2.75) is 31.7 Å². The number of piperidine rings is 1. The Hall–Kier alpha value is -1.06. The number of hydrogen-bond donors (Lipinski definition) is 1. The molecule has 0 amide bonds. The van der Waals surface area contributed by atoms with Crippen molar-refractivity contribution in [2.75, 3.05) is 26.7 Å². The van der Waals surface area contributed by atoms with Crippen molar-refractivity contribution < 1.29 is 4.74 Å². The lowest BCUT2D eigenvalue weighted by atomic mass is 9.99. The standard InChI is InChI=1S/C15H24N2O/c1-18-14-7-5-6-13(12-14)15(8-9-16)17-10-3-2-4-11-17/h5-7,12,15H,2-4,8-11,16H2,1H3. The quantitative estimate of drug-likeness (QED) is 0.870. The average Bonchev–Trinajstić information content (AvgIpc) is 2.46. The van der Waals surface area contributed by atoms with E-state index in [9.17, 15) is 0 Å². The van der Waals surface area contributed by atoms with E-state index >= 15 is 0 Å². The van der Waals surface area contributed by atoms with E-state index < -0.39 is 0 Å². The Morgan fingerprint density at radius 2 is 2.06 bits per heavy atom. The maximum Gasteiger partial charge on any atom is 0.119 e. The van der Waals surface area contributed by atoms with E-state index in [1.807, 2.05) is 6.07 Å². The first-order chi connectivity index (χ1) is 8.85. The number of nitrogens with two attached hydrogens (primary N) is 1. The molecule has 1 unspecified atom stereocenters. The maximum absolute atomic E-state index is 5.79. The van der Waals surface area contributed by atoms with Crippen molar-refractivity contribution in [1.82, 2.24) is 4.90 Å². The van der Waals surface area contributed by atoms with Gasteiger partial charge in [0.2, 0.25) is 0 Å². The van der Waals surface area contributed by atoms with Crippen molar-refractivity contribution in [3.63, 3.8) is 0 Å². The molecule has 1 atom stereocenters. The van der Waals surface area contributed by atoms with Crippen LogP contribution >= 0.6 is 0 Å². The van der Waals surface area contributed by atoms with Gasteiger partial charge in [-0.3, -0.25) is 4.90 Å². The molecule has 1 saturated heterocycles. The lowest BCUT2D eigenvalue weighted by Gasteiger charge is -2.35. The zero-order valence-corrected chi connectivity index (χ0v) is 11.3. The minimum atomic E-state index is 0.449. The van der Waals surface area contributed by atoms with Crippen LogP contribution in [0, 0.1) is 0 Å². The molecule has 3 nitrogen and oxygen atoms in total. The SMILES string of the molecule is COc1cccc(C(CCN)N2CCCCC2)c1. The van der Waals surface area contributed by atoms with E-state index in [1.54, 1.807) is 7.11 Å². The van der Waals surface area contributed by atoms with Gasteiger partial charge >= 0.3 is 0 Å². The summed E-state index contributed by atoms with van der Waals surface area (Å²) >= 11 is 0. The predicted molar refractivity (Wildman–Crippen MR) is 74.8 cm³/mol. The number of rotatable bonds is 5. The van der Waals surface area contributed by atoms with Crippen molar-refractivity contribution in [1.29, 1.82) is 0 Å². The first-order valence-corrected chi connectivity index (χ1v) is 6.93. The number of methoxy groups -OCH3 is 1. The lowest BCUT2D eigenvalue weighted by Crippen LogP contribution is -2.34. The molecule has 100 valence electrons. The average molecular weight is 248 g/mol. The van der Waals surface area contributed by atoms with Crippen LogP contribution in [0.2, 0.25) is 0 Å². The summed E-state index contributed by atoms with van der Waals surface area (Å²) in [6.07, 6.45) is 5.01.